The van der Waals surface area contributed by atoms with Gasteiger partial charge in [-0.15, -0.1) is 0 Å². The molecule has 2 aromatic carbocycles. The van der Waals surface area contributed by atoms with Crippen LogP contribution in [0.3, 0.4) is 0 Å². The molecule has 6 nitrogen and oxygen atoms in total. The molecule has 2 N–H and O–H groups in total. The predicted molar refractivity (Wildman–Crippen MR) is 90.7 cm³/mol. The van der Waals surface area contributed by atoms with Gasteiger partial charge in [0.05, 0.1) is 12.0 Å². The van der Waals surface area contributed by atoms with E-state index in [9.17, 15) is 13.2 Å². The molecule has 0 unspecified atom stereocenters. The molecule has 0 bridgehead atoms. The fraction of sp³-hybridized carbons (Fsp3) is 0.235. The molecule has 0 saturated heterocycles. The molecule has 1 aliphatic rings. The highest BCUT2D eigenvalue weighted by molar-refractivity contribution is 7.89. The van der Waals surface area contributed by atoms with E-state index in [0.29, 0.717) is 17.0 Å². The van der Waals surface area contributed by atoms with Crippen molar-refractivity contribution in [2.24, 2.45) is 0 Å². The molecule has 1 fully saturated rings. The molecule has 0 radical (unpaired) electrons. The van der Waals surface area contributed by atoms with Gasteiger partial charge < -0.3 is 10.1 Å². The van der Waals surface area contributed by atoms with Crippen molar-refractivity contribution in [1.82, 2.24) is 4.72 Å². The van der Waals surface area contributed by atoms with Crippen LogP contribution in [-0.4, -0.2) is 27.5 Å². The third-order valence-electron chi connectivity index (χ3n) is 3.65. The van der Waals surface area contributed by atoms with E-state index in [4.69, 9.17) is 4.74 Å². The summed E-state index contributed by atoms with van der Waals surface area (Å²) in [5, 5.41) is 2.73. The molecule has 0 atom stereocenters. The summed E-state index contributed by atoms with van der Waals surface area (Å²) >= 11 is 0. The Kier molecular flexibility index (Phi) is 4.55. The number of methoxy groups -OCH3 is 1. The van der Waals surface area contributed by atoms with Crippen molar-refractivity contribution in [3.63, 3.8) is 0 Å². The van der Waals surface area contributed by atoms with Crippen LogP contribution in [0.2, 0.25) is 0 Å². The molecule has 1 amide bonds. The second kappa shape index (κ2) is 6.62. The molecule has 0 spiro atoms. The van der Waals surface area contributed by atoms with Crippen LogP contribution >= 0.6 is 0 Å². The van der Waals surface area contributed by atoms with Crippen LogP contribution < -0.4 is 14.8 Å². The number of anilines is 1. The summed E-state index contributed by atoms with van der Waals surface area (Å²) in [5.74, 6) is 0.302. The van der Waals surface area contributed by atoms with Gasteiger partial charge in [-0.3, -0.25) is 4.79 Å². The van der Waals surface area contributed by atoms with Gasteiger partial charge >= 0.3 is 0 Å². The van der Waals surface area contributed by atoms with E-state index >= 15 is 0 Å². The maximum atomic E-state index is 12.2. The van der Waals surface area contributed by atoms with Crippen LogP contribution in [0.1, 0.15) is 23.2 Å². The molecule has 7 heteroatoms. The molecule has 126 valence electrons. The van der Waals surface area contributed by atoms with Crippen molar-refractivity contribution in [2.75, 3.05) is 12.4 Å². The second-order valence-electron chi connectivity index (χ2n) is 5.61. The molecular formula is C17H18N2O4S. The number of benzene rings is 2. The maximum absolute atomic E-state index is 12.2. The number of ether oxygens (including phenoxy) is 1. The monoisotopic (exact) mass is 346 g/mol. The van der Waals surface area contributed by atoms with E-state index < -0.39 is 10.0 Å². The highest BCUT2D eigenvalue weighted by Crippen LogP contribution is 2.23. The van der Waals surface area contributed by atoms with Crippen molar-refractivity contribution >= 4 is 21.6 Å². The van der Waals surface area contributed by atoms with Gasteiger partial charge in [0.25, 0.3) is 5.91 Å². The zero-order valence-electron chi connectivity index (χ0n) is 13.2. The zero-order chi connectivity index (χ0) is 17.2. The first kappa shape index (κ1) is 16.5. The van der Waals surface area contributed by atoms with Crippen LogP contribution in [0.15, 0.2) is 53.4 Å². The highest BCUT2D eigenvalue weighted by Gasteiger charge is 2.27. The third-order valence-corrected chi connectivity index (χ3v) is 5.19. The van der Waals surface area contributed by atoms with Gasteiger partial charge in [-0.25, -0.2) is 13.1 Å². The highest BCUT2D eigenvalue weighted by atomic mass is 32.2. The first-order chi connectivity index (χ1) is 11.5. The summed E-state index contributed by atoms with van der Waals surface area (Å²) < 4.78 is 31.9. The van der Waals surface area contributed by atoms with Crippen LogP contribution in [0.4, 0.5) is 5.69 Å². The summed E-state index contributed by atoms with van der Waals surface area (Å²) in [5.41, 5.74) is 0.981. The Hall–Kier alpha value is -2.38. The molecular weight excluding hydrogens is 328 g/mol. The Bertz CT molecular complexity index is 843. The minimum Gasteiger partial charge on any atom is -0.497 e. The van der Waals surface area contributed by atoms with Crippen molar-refractivity contribution in [1.29, 1.82) is 0 Å². The first-order valence-electron chi connectivity index (χ1n) is 7.56. The van der Waals surface area contributed by atoms with Gasteiger partial charge in [0.2, 0.25) is 10.0 Å². The fourth-order valence-electron chi connectivity index (χ4n) is 2.17. The van der Waals surface area contributed by atoms with Crippen molar-refractivity contribution in [3.05, 3.63) is 54.1 Å². The lowest BCUT2D eigenvalue weighted by molar-refractivity contribution is 0.102. The number of carbonyl (C=O) groups is 1. The summed E-state index contributed by atoms with van der Waals surface area (Å²) in [6, 6.07) is 12.9. The fourth-order valence-corrected chi connectivity index (χ4v) is 3.48. The number of sulfonamides is 1. The van der Waals surface area contributed by atoms with Crippen molar-refractivity contribution in [2.45, 2.75) is 23.8 Å². The summed E-state index contributed by atoms with van der Waals surface area (Å²) in [4.78, 5) is 12.4. The maximum Gasteiger partial charge on any atom is 0.255 e. The van der Waals surface area contributed by atoms with Crippen LogP contribution in [-0.2, 0) is 10.0 Å². The van der Waals surface area contributed by atoms with Crippen LogP contribution in [0.5, 0.6) is 5.75 Å². The van der Waals surface area contributed by atoms with Gasteiger partial charge in [-0.05, 0) is 55.3 Å². The zero-order valence-corrected chi connectivity index (χ0v) is 14.0. The van der Waals surface area contributed by atoms with E-state index in [1.165, 1.54) is 19.2 Å². The van der Waals surface area contributed by atoms with Gasteiger partial charge in [0.1, 0.15) is 5.75 Å². The normalized spacial score (nSPS) is 14.2. The van der Waals surface area contributed by atoms with E-state index in [1.54, 1.807) is 36.4 Å². The molecule has 24 heavy (non-hydrogen) atoms. The average molecular weight is 346 g/mol. The van der Waals surface area contributed by atoms with Gasteiger partial charge in [-0.1, -0.05) is 6.07 Å². The van der Waals surface area contributed by atoms with E-state index in [0.717, 1.165) is 12.8 Å². The van der Waals surface area contributed by atoms with Crippen LogP contribution in [0, 0.1) is 0 Å². The van der Waals surface area contributed by atoms with Crippen LogP contribution in [0.25, 0.3) is 0 Å². The number of rotatable bonds is 6. The molecule has 3 rings (SSSR count). The topological polar surface area (TPSA) is 84.5 Å². The Balaban J connectivity index is 1.70. The van der Waals surface area contributed by atoms with E-state index in [-0.39, 0.29) is 16.8 Å². The number of hydrogen-bond donors (Lipinski definition) is 2. The minimum atomic E-state index is -3.48. The van der Waals surface area contributed by atoms with Gasteiger partial charge in [0, 0.05) is 17.3 Å². The largest absolute Gasteiger partial charge is 0.497 e. The quantitative estimate of drug-likeness (QED) is 0.841. The Morgan fingerprint density at radius 2 is 1.83 bits per heavy atom. The van der Waals surface area contributed by atoms with E-state index in [2.05, 4.69) is 10.0 Å². The number of amides is 1. The standard InChI is InChI=1S/C17H18N2O4S/c1-23-15-4-2-3-12(11-15)17(20)18-13-7-9-16(10-8-13)24(21,22)19-14-5-6-14/h2-4,7-11,14,19H,5-6H2,1H3,(H,18,20). The Morgan fingerprint density at radius 3 is 2.46 bits per heavy atom. The Morgan fingerprint density at radius 1 is 1.12 bits per heavy atom. The van der Waals surface area contributed by atoms with Crippen molar-refractivity contribution < 1.29 is 17.9 Å². The number of hydrogen-bond acceptors (Lipinski definition) is 4. The van der Waals surface area contributed by atoms with Gasteiger partial charge in [-0.2, -0.15) is 0 Å². The number of nitrogens with one attached hydrogen (secondary N) is 2. The summed E-state index contributed by atoms with van der Waals surface area (Å²) in [6.07, 6.45) is 1.77. The predicted octanol–water partition coefficient (Wildman–Crippen LogP) is 2.39. The summed E-state index contributed by atoms with van der Waals surface area (Å²) in [6.45, 7) is 0. The lowest BCUT2D eigenvalue weighted by atomic mass is 10.2. The SMILES string of the molecule is COc1cccc(C(=O)Nc2ccc(S(=O)(=O)NC3CC3)cc2)c1. The third kappa shape index (κ3) is 3.93. The van der Waals surface area contributed by atoms with E-state index in [1.807, 2.05) is 0 Å². The molecule has 0 aromatic heterocycles. The van der Waals surface area contributed by atoms with Crippen molar-refractivity contribution in [3.8, 4) is 5.75 Å². The van der Waals surface area contributed by atoms with Gasteiger partial charge in [0.15, 0.2) is 0 Å². The second-order valence-corrected chi connectivity index (χ2v) is 7.32. The molecule has 0 heterocycles. The molecule has 0 aliphatic heterocycles. The summed E-state index contributed by atoms with van der Waals surface area (Å²) in [7, 11) is -1.95. The lowest BCUT2D eigenvalue weighted by Gasteiger charge is -2.09. The lowest BCUT2D eigenvalue weighted by Crippen LogP contribution is -2.25. The molecule has 1 aliphatic carbocycles. The smallest absolute Gasteiger partial charge is 0.255 e. The molecule has 2 aromatic rings. The first-order valence-corrected chi connectivity index (χ1v) is 9.04. The minimum absolute atomic E-state index is 0.0578. The number of carbonyl (C=O) groups excluding carboxylic acids is 1. The Labute approximate surface area is 140 Å². The average Bonchev–Trinajstić information content (AvgIpc) is 3.38. The molecule has 1 saturated carbocycles.